The van der Waals surface area contributed by atoms with Gasteiger partial charge in [-0.2, -0.15) is 0 Å². The van der Waals surface area contributed by atoms with Gasteiger partial charge in [-0.1, -0.05) is 11.6 Å². The van der Waals surface area contributed by atoms with Crippen LogP contribution in [0.15, 0.2) is 18.2 Å². The Labute approximate surface area is 122 Å². The minimum absolute atomic E-state index is 0.0850. The summed E-state index contributed by atoms with van der Waals surface area (Å²) in [7, 11) is 0. The van der Waals surface area contributed by atoms with Crippen molar-refractivity contribution in [1.29, 1.82) is 0 Å². The van der Waals surface area contributed by atoms with Gasteiger partial charge in [0.1, 0.15) is 0 Å². The molecular weight excluding hydrogens is 278 g/mol. The molecule has 2 amide bonds. The normalized spacial score (nSPS) is 22.1. The van der Waals surface area contributed by atoms with Gasteiger partial charge >= 0.3 is 0 Å². The molecule has 3 rings (SSSR count). The van der Waals surface area contributed by atoms with Crippen LogP contribution in [-0.4, -0.2) is 47.3 Å². The van der Waals surface area contributed by atoms with Crippen LogP contribution in [0.3, 0.4) is 0 Å². The maximum atomic E-state index is 12.5. The Morgan fingerprint density at radius 2 is 2.15 bits per heavy atom. The average Bonchev–Trinajstić information content (AvgIpc) is 2.79. The molecule has 2 aliphatic rings. The summed E-state index contributed by atoms with van der Waals surface area (Å²) in [5.74, 6) is 0.117. The number of fused-ring (bicyclic) bond motifs is 1. The minimum atomic E-state index is -0.0850. The molecule has 0 radical (unpaired) electrons. The summed E-state index contributed by atoms with van der Waals surface area (Å²) in [5, 5.41) is 0.519. The van der Waals surface area contributed by atoms with Crippen LogP contribution in [0.1, 0.15) is 23.2 Å². The molecule has 1 atom stereocenters. The lowest BCUT2D eigenvalue weighted by atomic mass is 10.1. The summed E-state index contributed by atoms with van der Waals surface area (Å²) in [6.07, 6.45) is 1.43. The lowest BCUT2D eigenvalue weighted by molar-refractivity contribution is -0.130. The fourth-order valence-electron chi connectivity index (χ4n) is 2.95. The standard InChI is InChI=1S/C14H16ClN3O2/c15-9-1-3-11(12(16)7-9)14(20)17-5-6-18-10(8-17)2-4-13(18)19/h1,3,7,10H,2,4-6,8,16H2. The number of nitrogens with zero attached hydrogens (tertiary/aromatic N) is 2. The molecular formula is C14H16ClN3O2. The van der Waals surface area contributed by atoms with Gasteiger partial charge in [-0.25, -0.2) is 0 Å². The topological polar surface area (TPSA) is 66.6 Å². The van der Waals surface area contributed by atoms with E-state index in [2.05, 4.69) is 0 Å². The van der Waals surface area contributed by atoms with Crippen molar-refractivity contribution in [1.82, 2.24) is 9.80 Å². The van der Waals surface area contributed by atoms with Gasteiger partial charge in [-0.05, 0) is 24.6 Å². The lowest BCUT2D eigenvalue weighted by Gasteiger charge is -2.37. The molecule has 2 heterocycles. The molecule has 2 saturated heterocycles. The van der Waals surface area contributed by atoms with E-state index < -0.39 is 0 Å². The summed E-state index contributed by atoms with van der Waals surface area (Å²) >= 11 is 5.85. The number of rotatable bonds is 1. The van der Waals surface area contributed by atoms with Gasteiger partial charge in [0, 0.05) is 42.8 Å². The second-order valence-corrected chi connectivity index (χ2v) is 5.70. The SMILES string of the molecule is Nc1cc(Cl)ccc1C(=O)N1CCN2C(=O)CCC2C1. The van der Waals surface area contributed by atoms with Crippen LogP contribution in [0.25, 0.3) is 0 Å². The van der Waals surface area contributed by atoms with Gasteiger partial charge in [-0.15, -0.1) is 0 Å². The molecule has 2 N–H and O–H groups in total. The summed E-state index contributed by atoms with van der Waals surface area (Å²) in [6.45, 7) is 1.76. The summed E-state index contributed by atoms with van der Waals surface area (Å²) in [6, 6.07) is 5.07. The first-order valence-electron chi connectivity index (χ1n) is 6.70. The van der Waals surface area contributed by atoms with Crippen molar-refractivity contribution < 1.29 is 9.59 Å². The van der Waals surface area contributed by atoms with Crippen molar-refractivity contribution in [2.24, 2.45) is 0 Å². The molecule has 1 aromatic rings. The highest BCUT2D eigenvalue weighted by molar-refractivity contribution is 6.31. The fourth-order valence-corrected chi connectivity index (χ4v) is 3.13. The van der Waals surface area contributed by atoms with Gasteiger partial charge in [-0.3, -0.25) is 9.59 Å². The number of anilines is 1. The Kier molecular flexibility index (Phi) is 3.30. The Hall–Kier alpha value is -1.75. The second-order valence-electron chi connectivity index (χ2n) is 5.26. The molecule has 2 fully saturated rings. The summed E-state index contributed by atoms with van der Waals surface area (Å²) < 4.78 is 0. The zero-order valence-electron chi connectivity index (χ0n) is 11.0. The molecule has 0 spiro atoms. The number of hydrogen-bond acceptors (Lipinski definition) is 3. The zero-order valence-corrected chi connectivity index (χ0v) is 11.8. The highest BCUT2D eigenvalue weighted by Gasteiger charge is 2.37. The fraction of sp³-hybridized carbons (Fsp3) is 0.429. The van der Waals surface area contributed by atoms with E-state index in [4.69, 9.17) is 17.3 Å². The van der Waals surface area contributed by atoms with E-state index in [-0.39, 0.29) is 17.9 Å². The molecule has 0 aliphatic carbocycles. The smallest absolute Gasteiger partial charge is 0.256 e. The third-order valence-electron chi connectivity index (χ3n) is 4.03. The number of benzene rings is 1. The van der Waals surface area contributed by atoms with Crippen molar-refractivity contribution in [3.05, 3.63) is 28.8 Å². The average molecular weight is 294 g/mol. The van der Waals surface area contributed by atoms with Crippen LogP contribution < -0.4 is 5.73 Å². The van der Waals surface area contributed by atoms with E-state index in [9.17, 15) is 9.59 Å². The molecule has 2 aliphatic heterocycles. The van der Waals surface area contributed by atoms with Gasteiger partial charge < -0.3 is 15.5 Å². The molecule has 5 nitrogen and oxygen atoms in total. The number of carbonyl (C=O) groups excluding carboxylic acids is 2. The molecule has 0 bridgehead atoms. The predicted molar refractivity (Wildman–Crippen MR) is 76.5 cm³/mol. The predicted octanol–water partition coefficient (Wildman–Crippen LogP) is 1.37. The largest absolute Gasteiger partial charge is 0.398 e. The van der Waals surface area contributed by atoms with Crippen molar-refractivity contribution in [3.8, 4) is 0 Å². The second kappa shape index (κ2) is 4.98. The monoisotopic (exact) mass is 293 g/mol. The third-order valence-corrected chi connectivity index (χ3v) is 4.26. The van der Waals surface area contributed by atoms with Crippen LogP contribution in [0.2, 0.25) is 5.02 Å². The van der Waals surface area contributed by atoms with Gasteiger partial charge in [0.05, 0.1) is 5.56 Å². The molecule has 0 saturated carbocycles. The number of nitrogens with two attached hydrogens (primary N) is 1. The molecule has 106 valence electrons. The van der Waals surface area contributed by atoms with Crippen LogP contribution in [-0.2, 0) is 4.79 Å². The molecule has 20 heavy (non-hydrogen) atoms. The van der Waals surface area contributed by atoms with Crippen molar-refractivity contribution >= 4 is 29.1 Å². The number of carbonyl (C=O) groups is 2. The Bertz CT molecular complexity index is 576. The highest BCUT2D eigenvalue weighted by Crippen LogP contribution is 2.25. The van der Waals surface area contributed by atoms with E-state index in [0.717, 1.165) is 6.42 Å². The maximum Gasteiger partial charge on any atom is 0.256 e. The Morgan fingerprint density at radius 3 is 2.90 bits per heavy atom. The van der Waals surface area contributed by atoms with Crippen molar-refractivity contribution in [2.75, 3.05) is 25.4 Å². The first-order chi connectivity index (χ1) is 9.56. The Balaban J connectivity index is 1.77. The molecule has 1 aromatic carbocycles. The van der Waals surface area contributed by atoms with E-state index >= 15 is 0 Å². The highest BCUT2D eigenvalue weighted by atomic mass is 35.5. The van der Waals surface area contributed by atoms with E-state index in [1.165, 1.54) is 0 Å². The third kappa shape index (κ3) is 2.22. The van der Waals surface area contributed by atoms with Crippen LogP contribution >= 0.6 is 11.6 Å². The number of halogens is 1. The molecule has 6 heteroatoms. The van der Waals surface area contributed by atoms with Gasteiger partial charge in [0.15, 0.2) is 0 Å². The summed E-state index contributed by atoms with van der Waals surface area (Å²) in [5.41, 5.74) is 6.74. The van der Waals surface area contributed by atoms with Crippen LogP contribution in [0, 0.1) is 0 Å². The quantitative estimate of drug-likeness (QED) is 0.795. The summed E-state index contributed by atoms with van der Waals surface area (Å²) in [4.78, 5) is 27.8. The molecule has 1 unspecified atom stereocenters. The molecule has 0 aromatic heterocycles. The minimum Gasteiger partial charge on any atom is -0.398 e. The van der Waals surface area contributed by atoms with Gasteiger partial charge in [0.2, 0.25) is 5.91 Å². The van der Waals surface area contributed by atoms with E-state index in [1.807, 2.05) is 4.90 Å². The first kappa shape index (κ1) is 13.2. The number of piperazine rings is 1. The number of amides is 2. The van der Waals surface area contributed by atoms with Crippen LogP contribution in [0.5, 0.6) is 0 Å². The number of nitrogen functional groups attached to an aromatic ring is 1. The van der Waals surface area contributed by atoms with Crippen molar-refractivity contribution in [2.45, 2.75) is 18.9 Å². The Morgan fingerprint density at radius 1 is 1.35 bits per heavy atom. The van der Waals surface area contributed by atoms with Crippen LogP contribution in [0.4, 0.5) is 5.69 Å². The first-order valence-corrected chi connectivity index (χ1v) is 7.08. The van der Waals surface area contributed by atoms with E-state index in [0.29, 0.717) is 42.3 Å². The zero-order chi connectivity index (χ0) is 14.3. The maximum absolute atomic E-state index is 12.5. The lowest BCUT2D eigenvalue weighted by Crippen LogP contribution is -2.53. The number of hydrogen-bond donors (Lipinski definition) is 1. The van der Waals surface area contributed by atoms with Gasteiger partial charge in [0.25, 0.3) is 5.91 Å². The van der Waals surface area contributed by atoms with Crippen molar-refractivity contribution in [3.63, 3.8) is 0 Å². The van der Waals surface area contributed by atoms with E-state index in [1.54, 1.807) is 23.1 Å².